The molecular formula is C134H88N4O2. The summed E-state index contributed by atoms with van der Waals surface area (Å²) in [5, 5.41) is 14.3. The quantitative estimate of drug-likeness (QED) is 0.0911. The fourth-order valence-corrected chi connectivity index (χ4v) is 21.1. The number of benzene rings is 23. The molecule has 656 valence electrons. The van der Waals surface area contributed by atoms with Crippen LogP contribution in [0.2, 0.25) is 0 Å². The Morgan fingerprint density at radius 1 is 0.157 bits per heavy atom. The molecule has 23 aromatic carbocycles. The SMILES string of the molecule is c1ccc(-c2ccc(N(c3ccc(-c4ccc(-c5ccc(-c6ccc7c8ccccc8n(-c8ccccc8)c7c6)cc5)cc4)cc3)c3cccc4c3oc3c(-c5ccccc5)cc5ccccc5c34)cc2)cc1.c1ccc(-c2ccc(N(c3ccc(-c4ccc(-c5ccc(-c6ccc7c8ccccc8n(-c8ccccc8)c7c6)cc5)cc4)cc3)c3cccc4c3oc3ccc5ccccc5c34)cc2)cc1. The molecule has 27 aromatic rings. The standard InChI is InChI=1S/C70H46N2O.C64H42N2O/c1-4-15-47(16-5-1)51-35-40-58(41-36-51)71(66-26-14-24-63-68-60-22-11-10-19-56(60)45-64(70(68)73-69(63)66)54-17-6-2-7-18-54)59-42-37-52(38-43-59)50-29-27-48(28-30-50)49-31-33-53(34-32-49)55-39-44-62-61-23-12-13-25-65(61)72(67(62)46-55)57-20-8-3-9-21-57;1-3-12-43(13-4-1)47-30-36-53(37-31-47)65(60-21-11-19-58-63-55-17-8-7-14-50(55)35-41-62(63)67-64(58)60)54-38-32-48(33-39-54)46-24-22-44(23-25-46)45-26-28-49(29-27-45)51-34-40-57-56-18-9-10-20-59(56)66(61(57)42-51)52-15-5-2-6-16-52/h1-46H;1-42H. The van der Waals surface area contributed by atoms with Crippen LogP contribution in [0.4, 0.5) is 34.1 Å². The van der Waals surface area contributed by atoms with Crippen LogP contribution in [0.1, 0.15) is 0 Å². The summed E-state index contributed by atoms with van der Waals surface area (Å²) < 4.78 is 18.7. The van der Waals surface area contributed by atoms with Crippen LogP contribution in [0.5, 0.6) is 0 Å². The van der Waals surface area contributed by atoms with Crippen LogP contribution in [0.3, 0.4) is 0 Å². The van der Waals surface area contributed by atoms with E-state index in [2.05, 4.69) is 553 Å². The highest BCUT2D eigenvalue weighted by atomic mass is 16.3. The highest BCUT2D eigenvalue weighted by molar-refractivity contribution is 6.25. The Morgan fingerprint density at radius 2 is 0.436 bits per heavy atom. The molecule has 6 nitrogen and oxygen atoms in total. The zero-order valence-corrected chi connectivity index (χ0v) is 76.4. The predicted octanol–water partition coefficient (Wildman–Crippen LogP) is 37.6. The molecule has 140 heavy (non-hydrogen) atoms. The molecule has 0 unspecified atom stereocenters. The van der Waals surface area contributed by atoms with Crippen LogP contribution in [-0.4, -0.2) is 9.13 Å². The average molecular weight is 1790 g/mol. The van der Waals surface area contributed by atoms with E-state index in [9.17, 15) is 0 Å². The molecule has 0 aliphatic rings. The maximum Gasteiger partial charge on any atom is 0.159 e. The zero-order chi connectivity index (χ0) is 92.5. The summed E-state index contributed by atoms with van der Waals surface area (Å²) in [4.78, 5) is 4.65. The van der Waals surface area contributed by atoms with E-state index in [-0.39, 0.29) is 0 Å². The van der Waals surface area contributed by atoms with Crippen LogP contribution in [0.15, 0.2) is 543 Å². The van der Waals surface area contributed by atoms with Crippen molar-refractivity contribution >= 4 is 143 Å². The number of rotatable bonds is 17. The maximum atomic E-state index is 7.17. The van der Waals surface area contributed by atoms with Crippen LogP contribution in [0, 0.1) is 0 Å². The van der Waals surface area contributed by atoms with Crippen molar-refractivity contribution in [2.45, 2.75) is 0 Å². The number of hydrogen-bond acceptors (Lipinski definition) is 4. The van der Waals surface area contributed by atoms with Gasteiger partial charge >= 0.3 is 0 Å². The van der Waals surface area contributed by atoms with Crippen molar-refractivity contribution in [1.82, 2.24) is 9.13 Å². The third-order valence-electron chi connectivity index (χ3n) is 28.0. The Balaban J connectivity index is 0.000000145. The van der Waals surface area contributed by atoms with Crippen LogP contribution >= 0.6 is 0 Å². The highest BCUT2D eigenvalue weighted by Crippen LogP contribution is 2.50. The lowest BCUT2D eigenvalue weighted by atomic mass is 9.96. The van der Waals surface area contributed by atoms with Crippen molar-refractivity contribution in [2.75, 3.05) is 9.80 Å². The third kappa shape index (κ3) is 14.8. The van der Waals surface area contributed by atoms with Crippen molar-refractivity contribution < 1.29 is 8.83 Å². The number of aromatic nitrogens is 2. The van der Waals surface area contributed by atoms with Gasteiger partial charge < -0.3 is 27.8 Å². The number of anilines is 6. The lowest BCUT2D eigenvalue weighted by molar-refractivity contribution is 0.669. The molecule has 0 radical (unpaired) electrons. The van der Waals surface area contributed by atoms with E-state index < -0.39 is 0 Å². The van der Waals surface area contributed by atoms with Crippen LogP contribution in [0.25, 0.3) is 221 Å². The number of nitrogens with zero attached hydrogens (tertiary/aromatic N) is 4. The summed E-state index contributed by atoms with van der Waals surface area (Å²) in [7, 11) is 0. The molecule has 0 amide bonds. The van der Waals surface area contributed by atoms with Gasteiger partial charge in [0.05, 0.1) is 33.4 Å². The van der Waals surface area contributed by atoms with Gasteiger partial charge in [-0.3, -0.25) is 0 Å². The minimum atomic E-state index is 0.846. The van der Waals surface area contributed by atoms with Crippen molar-refractivity contribution in [1.29, 1.82) is 0 Å². The van der Waals surface area contributed by atoms with Gasteiger partial charge in [-0.1, -0.05) is 413 Å². The fourth-order valence-electron chi connectivity index (χ4n) is 21.1. The van der Waals surface area contributed by atoms with E-state index in [1.54, 1.807) is 0 Å². The first-order valence-electron chi connectivity index (χ1n) is 47.9. The van der Waals surface area contributed by atoms with Gasteiger partial charge in [-0.25, -0.2) is 0 Å². The van der Waals surface area contributed by atoms with E-state index in [1.807, 2.05) is 0 Å². The van der Waals surface area contributed by atoms with Gasteiger partial charge in [0.25, 0.3) is 0 Å². The Labute approximate surface area is 810 Å². The minimum Gasteiger partial charge on any atom is -0.454 e. The van der Waals surface area contributed by atoms with E-state index in [1.165, 1.54) is 143 Å². The van der Waals surface area contributed by atoms with E-state index >= 15 is 0 Å². The van der Waals surface area contributed by atoms with E-state index in [4.69, 9.17) is 8.83 Å². The smallest absolute Gasteiger partial charge is 0.159 e. The molecule has 0 atom stereocenters. The monoisotopic (exact) mass is 1780 g/mol. The Kier molecular flexibility index (Phi) is 20.5. The topological polar surface area (TPSA) is 42.6 Å². The lowest BCUT2D eigenvalue weighted by Crippen LogP contribution is -2.10. The summed E-state index contributed by atoms with van der Waals surface area (Å²) in [6, 6.07) is 192. The summed E-state index contributed by atoms with van der Waals surface area (Å²) >= 11 is 0. The van der Waals surface area contributed by atoms with Gasteiger partial charge in [-0.05, 0) is 237 Å². The van der Waals surface area contributed by atoms with Gasteiger partial charge in [0, 0.05) is 82.8 Å². The van der Waals surface area contributed by atoms with Crippen LogP contribution in [-0.2, 0) is 0 Å². The molecule has 0 N–H and O–H groups in total. The molecule has 0 fully saturated rings. The molecule has 6 heteroatoms. The van der Waals surface area contributed by atoms with Gasteiger partial charge in [0.15, 0.2) is 11.2 Å². The zero-order valence-electron chi connectivity index (χ0n) is 76.4. The fraction of sp³-hybridized carbons (Fsp3) is 0. The van der Waals surface area contributed by atoms with Gasteiger partial charge in [0.1, 0.15) is 11.2 Å². The Morgan fingerprint density at radius 3 is 0.829 bits per heavy atom. The predicted molar refractivity (Wildman–Crippen MR) is 589 cm³/mol. The Hall–Kier alpha value is -18.6. The van der Waals surface area contributed by atoms with Gasteiger partial charge in [-0.15, -0.1) is 0 Å². The van der Waals surface area contributed by atoms with Crippen molar-refractivity contribution in [3.63, 3.8) is 0 Å². The van der Waals surface area contributed by atoms with Gasteiger partial charge in [0.2, 0.25) is 0 Å². The van der Waals surface area contributed by atoms with Gasteiger partial charge in [-0.2, -0.15) is 0 Å². The first kappa shape index (κ1) is 82.1. The minimum absolute atomic E-state index is 0.846. The second-order valence-corrected chi connectivity index (χ2v) is 36.1. The normalized spacial score (nSPS) is 11.6. The van der Waals surface area contributed by atoms with Crippen molar-refractivity contribution in [2.24, 2.45) is 0 Å². The summed E-state index contributed by atoms with van der Waals surface area (Å²) in [5.74, 6) is 0. The number of hydrogen-bond donors (Lipinski definition) is 0. The summed E-state index contributed by atoms with van der Waals surface area (Å²) in [6.45, 7) is 0. The Bertz CT molecular complexity index is 9320. The number of furan rings is 2. The molecule has 0 spiro atoms. The lowest BCUT2D eigenvalue weighted by Gasteiger charge is -2.26. The first-order valence-corrected chi connectivity index (χ1v) is 47.9. The molecule has 0 aliphatic heterocycles. The van der Waals surface area contributed by atoms with Crippen molar-refractivity contribution in [3.8, 4) is 112 Å². The molecule has 0 bridgehead atoms. The van der Waals surface area contributed by atoms with Crippen LogP contribution < -0.4 is 9.80 Å². The summed E-state index contributed by atoms with van der Waals surface area (Å²) in [6.07, 6.45) is 0. The largest absolute Gasteiger partial charge is 0.454 e. The molecule has 0 saturated heterocycles. The second-order valence-electron chi connectivity index (χ2n) is 36.1. The molecule has 4 heterocycles. The molecular weight excluding hydrogens is 1700 g/mol. The molecule has 27 rings (SSSR count). The van der Waals surface area contributed by atoms with Crippen molar-refractivity contribution in [3.05, 3.63) is 534 Å². The summed E-state index contributed by atoms with van der Waals surface area (Å²) in [5.41, 5.74) is 37.9. The number of fused-ring (bicyclic) bond motifs is 16. The average Bonchev–Trinajstić information content (AvgIpc) is 1.55. The first-order chi connectivity index (χ1) is 69.4. The number of para-hydroxylation sites is 6. The van der Waals surface area contributed by atoms with E-state index in [0.717, 1.165) is 112 Å². The van der Waals surface area contributed by atoms with E-state index in [0.29, 0.717) is 0 Å². The second kappa shape index (κ2) is 35.0. The molecule has 0 saturated carbocycles. The molecule has 0 aliphatic carbocycles. The highest BCUT2D eigenvalue weighted by Gasteiger charge is 2.27. The molecule has 4 aromatic heterocycles. The third-order valence-corrected chi connectivity index (χ3v) is 28.0. The maximum absolute atomic E-state index is 7.17.